The van der Waals surface area contributed by atoms with E-state index in [0.717, 1.165) is 11.1 Å². The number of nitrogens with zero attached hydrogens (tertiary/aromatic N) is 4. The van der Waals surface area contributed by atoms with Gasteiger partial charge in [0.2, 0.25) is 5.88 Å². The normalized spacial score (nSPS) is 12.5. The van der Waals surface area contributed by atoms with E-state index in [1.165, 1.54) is 42.8 Å². The summed E-state index contributed by atoms with van der Waals surface area (Å²) in [6, 6.07) is 9.65. The van der Waals surface area contributed by atoms with E-state index in [1.54, 1.807) is 26.1 Å². The van der Waals surface area contributed by atoms with Crippen molar-refractivity contribution in [2.24, 2.45) is 0 Å². The van der Waals surface area contributed by atoms with Gasteiger partial charge in [-0.15, -0.1) is 11.3 Å². The lowest BCUT2D eigenvalue weighted by Crippen LogP contribution is -2.31. The molecule has 0 spiro atoms. The lowest BCUT2D eigenvalue weighted by molar-refractivity contribution is 0.0844. The summed E-state index contributed by atoms with van der Waals surface area (Å²) in [5.41, 5.74) is 3.95. The van der Waals surface area contributed by atoms with Crippen LogP contribution in [0.1, 0.15) is 29.9 Å². The van der Waals surface area contributed by atoms with Crippen LogP contribution in [-0.4, -0.2) is 69.5 Å². The van der Waals surface area contributed by atoms with Crippen molar-refractivity contribution in [1.82, 2.24) is 25.3 Å². The molecule has 0 saturated heterocycles. The van der Waals surface area contributed by atoms with E-state index < -0.39 is 30.0 Å². The van der Waals surface area contributed by atoms with Crippen LogP contribution >= 0.6 is 11.3 Å². The fourth-order valence-corrected chi connectivity index (χ4v) is 5.16. The van der Waals surface area contributed by atoms with Crippen molar-refractivity contribution >= 4 is 50.3 Å². The van der Waals surface area contributed by atoms with Crippen LogP contribution in [0.25, 0.3) is 31.8 Å². The maximum atomic E-state index is 14.9. The van der Waals surface area contributed by atoms with Crippen molar-refractivity contribution < 1.29 is 33.3 Å². The number of aliphatic hydroxyl groups excluding tert-OH is 1. The van der Waals surface area contributed by atoms with Crippen LogP contribution in [0.2, 0.25) is 0 Å². The van der Waals surface area contributed by atoms with Crippen molar-refractivity contribution in [3.63, 3.8) is 0 Å². The Morgan fingerprint density at radius 3 is 2.61 bits per heavy atom. The summed E-state index contributed by atoms with van der Waals surface area (Å²) in [4.78, 5) is 42.0. The third-order valence-corrected chi connectivity index (χ3v) is 7.28. The number of methoxy groups -OCH3 is 1. The van der Waals surface area contributed by atoms with E-state index in [2.05, 4.69) is 30.6 Å². The molecule has 2 atom stereocenters. The van der Waals surface area contributed by atoms with Crippen molar-refractivity contribution in [2.45, 2.75) is 33.0 Å². The number of aryl methyl sites for hydroxylation is 1. The maximum absolute atomic E-state index is 14.9. The summed E-state index contributed by atoms with van der Waals surface area (Å²) in [5, 5.41) is 15.0. The topological polar surface area (TPSA) is 158 Å². The number of fused-ring (bicyclic) bond motifs is 2. The Morgan fingerprint density at radius 1 is 1.07 bits per heavy atom. The summed E-state index contributed by atoms with van der Waals surface area (Å²) in [7, 11) is 1.53. The molecule has 3 N–H and O–H groups in total. The van der Waals surface area contributed by atoms with Gasteiger partial charge in [-0.1, -0.05) is 0 Å². The number of carbonyl (C=O) groups is 2. The van der Waals surface area contributed by atoms with Crippen LogP contribution in [-0.2, 0) is 4.74 Å². The van der Waals surface area contributed by atoms with Crippen LogP contribution in [0.15, 0.2) is 48.8 Å². The lowest BCUT2D eigenvalue weighted by Gasteiger charge is -2.15. The van der Waals surface area contributed by atoms with Gasteiger partial charge in [0.25, 0.3) is 5.91 Å². The summed E-state index contributed by atoms with van der Waals surface area (Å²) in [6.07, 6.45) is 0.653. The Hall–Kier alpha value is -4.95. The Kier molecular flexibility index (Phi) is 9.11. The molecule has 0 aliphatic carbocycles. The second kappa shape index (κ2) is 13.1. The highest BCUT2D eigenvalue weighted by Gasteiger charge is 2.18. The number of rotatable bonds is 10. The Labute approximate surface area is 255 Å². The molecule has 0 unspecified atom stereocenters. The van der Waals surface area contributed by atoms with Gasteiger partial charge in [0, 0.05) is 24.2 Å². The third kappa shape index (κ3) is 7.15. The zero-order valence-electron chi connectivity index (χ0n) is 24.3. The van der Waals surface area contributed by atoms with Gasteiger partial charge < -0.3 is 24.6 Å². The third-order valence-electron chi connectivity index (χ3n) is 6.23. The summed E-state index contributed by atoms with van der Waals surface area (Å²) < 4.78 is 31.8. The molecule has 228 valence electrons. The van der Waals surface area contributed by atoms with Gasteiger partial charge in [-0.3, -0.25) is 10.1 Å². The minimum absolute atomic E-state index is 0.00385. The summed E-state index contributed by atoms with van der Waals surface area (Å²) in [6.45, 7) is 5.08. The summed E-state index contributed by atoms with van der Waals surface area (Å²) in [5.74, 6) is -0.658. The highest BCUT2D eigenvalue weighted by molar-refractivity contribution is 7.21. The van der Waals surface area contributed by atoms with Gasteiger partial charge in [-0.05, 0) is 50.6 Å². The number of aliphatic hydroxyl groups is 1. The molecule has 12 nitrogen and oxygen atoms in total. The molecule has 14 heteroatoms. The van der Waals surface area contributed by atoms with Crippen molar-refractivity contribution in [1.29, 1.82) is 0 Å². The Bertz CT molecular complexity index is 1830. The first-order valence-electron chi connectivity index (χ1n) is 13.5. The smallest absolute Gasteiger partial charge is 0.412 e. The van der Waals surface area contributed by atoms with Crippen molar-refractivity contribution in [2.75, 3.05) is 25.6 Å². The number of pyridine rings is 1. The molecule has 0 bridgehead atoms. The molecule has 44 heavy (non-hydrogen) atoms. The number of hydrogen-bond donors (Lipinski definition) is 3. The average molecular weight is 621 g/mol. The fraction of sp³-hybridized carbons (Fsp3) is 0.267. The predicted molar refractivity (Wildman–Crippen MR) is 163 cm³/mol. The lowest BCUT2D eigenvalue weighted by atomic mass is 10.1. The molecule has 5 rings (SSSR count). The highest BCUT2D eigenvalue weighted by Crippen LogP contribution is 2.37. The molecule has 5 aromatic rings. The standard InChI is InChI=1S/C30H29FN6O6S/c1-15-7-19(27-23(8-15)36-26(41-4)13-33-27)29-37-22-9-20(31)24(10-25(22)44-29)42-14-17(3)43-30(40)35-18-5-6-21(32-12-18)28(39)34-11-16(2)38/h5-10,12-13,16-17,38H,11,14H2,1-4H3,(H,34,39)(H,35,40)/t16-,17+/m0/s1. The molecule has 3 aromatic heterocycles. The average Bonchev–Trinajstić information content (AvgIpc) is 3.40. The number of nitrogens with one attached hydrogen (secondary N) is 2. The monoisotopic (exact) mass is 620 g/mol. The van der Waals surface area contributed by atoms with Crippen LogP contribution in [0.5, 0.6) is 11.6 Å². The number of halogens is 1. The zero-order chi connectivity index (χ0) is 31.4. The van der Waals surface area contributed by atoms with E-state index in [-0.39, 0.29) is 24.6 Å². The number of thiazole rings is 1. The van der Waals surface area contributed by atoms with Crippen LogP contribution in [0.4, 0.5) is 14.9 Å². The number of amides is 2. The predicted octanol–water partition coefficient (Wildman–Crippen LogP) is 4.88. The highest BCUT2D eigenvalue weighted by atomic mass is 32.1. The van der Waals surface area contributed by atoms with Crippen LogP contribution in [0, 0.1) is 12.7 Å². The van der Waals surface area contributed by atoms with Gasteiger partial charge in [0.05, 0.1) is 52.5 Å². The summed E-state index contributed by atoms with van der Waals surface area (Å²) >= 11 is 1.37. The van der Waals surface area contributed by atoms with Gasteiger partial charge >= 0.3 is 6.09 Å². The number of carbonyl (C=O) groups excluding carboxylic acids is 2. The quantitative estimate of drug-likeness (QED) is 0.196. The van der Waals surface area contributed by atoms with E-state index in [4.69, 9.17) is 14.2 Å². The number of ether oxygens (including phenoxy) is 3. The first-order valence-corrected chi connectivity index (χ1v) is 14.4. The van der Waals surface area contributed by atoms with E-state index in [9.17, 15) is 19.1 Å². The van der Waals surface area contributed by atoms with Crippen molar-refractivity contribution in [3.05, 3.63) is 65.9 Å². The number of aromatic nitrogens is 4. The molecule has 2 amide bonds. The SMILES string of the molecule is COc1cnc2c(-c3nc4cc(F)c(OC[C@@H](C)OC(=O)Nc5ccc(C(=O)NC[C@H](C)O)nc5)cc4s3)cc(C)cc2n1. The number of benzene rings is 2. The molecule has 3 heterocycles. The van der Waals surface area contributed by atoms with Gasteiger partial charge in [0.15, 0.2) is 11.6 Å². The first kappa shape index (κ1) is 30.5. The molecule has 0 aliphatic heterocycles. The molecule has 0 aliphatic rings. The first-order chi connectivity index (χ1) is 21.1. The Balaban J connectivity index is 1.21. The largest absolute Gasteiger partial charge is 0.487 e. The van der Waals surface area contributed by atoms with E-state index >= 15 is 0 Å². The van der Waals surface area contributed by atoms with E-state index in [1.807, 2.05) is 19.1 Å². The second-order valence-electron chi connectivity index (χ2n) is 10.0. The Morgan fingerprint density at radius 2 is 1.89 bits per heavy atom. The van der Waals surface area contributed by atoms with Crippen molar-refractivity contribution in [3.8, 4) is 22.2 Å². The van der Waals surface area contributed by atoms with Crippen LogP contribution < -0.4 is 20.1 Å². The second-order valence-corrected chi connectivity index (χ2v) is 11.0. The van der Waals surface area contributed by atoms with Gasteiger partial charge in [-0.2, -0.15) is 0 Å². The van der Waals surface area contributed by atoms with Gasteiger partial charge in [-0.25, -0.2) is 29.1 Å². The van der Waals surface area contributed by atoms with E-state index in [0.29, 0.717) is 37.8 Å². The maximum Gasteiger partial charge on any atom is 0.412 e. The van der Waals surface area contributed by atoms with Gasteiger partial charge in [0.1, 0.15) is 23.4 Å². The van der Waals surface area contributed by atoms with Crippen LogP contribution in [0.3, 0.4) is 0 Å². The minimum atomic E-state index is -0.775. The molecular weight excluding hydrogens is 591 g/mol. The number of hydrogen-bond acceptors (Lipinski definition) is 11. The molecular formula is C30H29FN6O6S. The molecule has 0 radical (unpaired) electrons. The molecule has 2 aromatic carbocycles. The molecule has 0 saturated carbocycles. The zero-order valence-corrected chi connectivity index (χ0v) is 25.1. The number of anilines is 1. The fourth-order valence-electron chi connectivity index (χ4n) is 4.17. The minimum Gasteiger partial charge on any atom is -0.487 e. The molecule has 0 fully saturated rings.